The number of benzene rings is 3. The van der Waals surface area contributed by atoms with Crippen LogP contribution in [0.1, 0.15) is 43.9 Å². The van der Waals surface area contributed by atoms with Gasteiger partial charge >= 0.3 is 18.2 Å². The number of pyridine rings is 1. The first-order chi connectivity index (χ1) is 21.5. The van der Waals surface area contributed by atoms with E-state index < -0.39 is 46.6 Å². The fourth-order valence-corrected chi connectivity index (χ4v) is 5.67. The minimum absolute atomic E-state index is 0.0368. The van der Waals surface area contributed by atoms with E-state index in [0.29, 0.717) is 22.8 Å². The molecule has 3 aromatic carbocycles. The number of nitrogens with zero attached hydrogens (tertiary/aromatic N) is 2. The highest BCUT2D eigenvalue weighted by Crippen LogP contribution is 2.42. The van der Waals surface area contributed by atoms with E-state index in [9.17, 15) is 14.4 Å². The number of carbonyl (C=O) groups is 2. The number of aryl methyl sites for hydroxylation is 2. The predicted octanol–water partition coefficient (Wildman–Crippen LogP) is 6.48. The van der Waals surface area contributed by atoms with E-state index in [2.05, 4.69) is 5.32 Å². The van der Waals surface area contributed by atoms with E-state index >= 15 is 13.2 Å². The zero-order valence-electron chi connectivity index (χ0n) is 27.2. The maximum atomic E-state index is 15.0. The van der Waals surface area contributed by atoms with Gasteiger partial charge in [0.15, 0.2) is 0 Å². The summed E-state index contributed by atoms with van der Waals surface area (Å²) in [5.41, 5.74) is -1.43. The number of carbonyl (C=O) groups excluding carboxylic acids is 2. The lowest BCUT2D eigenvalue weighted by Crippen LogP contribution is -2.45. The second-order valence-electron chi connectivity index (χ2n) is 12.6. The molecule has 0 spiro atoms. The molecule has 4 rings (SSSR count). The largest absolute Gasteiger partial charge is 0.467 e. The minimum Gasteiger partial charge on any atom is -0.467 e. The highest BCUT2D eigenvalue weighted by atomic mass is 19.4. The second-order valence-corrected chi connectivity index (χ2v) is 12.6. The van der Waals surface area contributed by atoms with Crippen LogP contribution in [0.5, 0.6) is 0 Å². The average Bonchev–Trinajstić information content (AvgIpc) is 2.96. The molecular weight excluding hydrogens is 599 g/mol. The standard InChI is InChI=1S/C35H40F3N3O5/c1-34(2,3)46-33(44)39-27(32(43)45-7)20-22-12-8-14-24-23(22)13-9-15-25(24)29-30(35(36,37)38)26-19-21(11-10-18-40(4)5)16-17-28(26)41(6)31(29)42/h8-9,12-17,19,27H,10-11,18,20H2,1-7H3,(H,39,44)/t27-/m0/s1. The molecule has 1 atom stereocenters. The number of hydrogen-bond acceptors (Lipinski definition) is 6. The van der Waals surface area contributed by atoms with E-state index in [1.807, 2.05) is 19.0 Å². The fraction of sp³-hybridized carbons (Fsp3) is 0.400. The van der Waals surface area contributed by atoms with E-state index in [4.69, 9.17) is 9.47 Å². The number of amides is 1. The molecular formula is C35H40F3N3O5. The Hall–Kier alpha value is -4.38. The third-order valence-electron chi connectivity index (χ3n) is 7.70. The summed E-state index contributed by atoms with van der Waals surface area (Å²) in [6.45, 7) is 5.84. The van der Waals surface area contributed by atoms with Gasteiger partial charge in [0.05, 0.1) is 23.8 Å². The Bertz CT molecular complexity index is 1820. The van der Waals surface area contributed by atoms with E-state index in [0.717, 1.165) is 18.5 Å². The Kier molecular flexibility index (Phi) is 10.2. The van der Waals surface area contributed by atoms with Crippen molar-refractivity contribution in [3.05, 3.63) is 81.6 Å². The van der Waals surface area contributed by atoms with Crippen LogP contribution >= 0.6 is 0 Å². The summed E-state index contributed by atoms with van der Waals surface area (Å²) in [6.07, 6.45) is -4.35. The van der Waals surface area contributed by atoms with Gasteiger partial charge in [-0.25, -0.2) is 9.59 Å². The molecule has 246 valence electrons. The van der Waals surface area contributed by atoms with Crippen molar-refractivity contribution in [3.8, 4) is 11.1 Å². The van der Waals surface area contributed by atoms with Crippen molar-refractivity contribution in [2.45, 2.75) is 57.9 Å². The zero-order chi connectivity index (χ0) is 34.0. The number of esters is 1. The third kappa shape index (κ3) is 7.70. The van der Waals surface area contributed by atoms with Gasteiger partial charge < -0.3 is 24.3 Å². The summed E-state index contributed by atoms with van der Waals surface area (Å²) in [5.74, 6) is -0.719. The molecule has 8 nitrogen and oxygen atoms in total. The first-order valence-corrected chi connectivity index (χ1v) is 15.0. The molecule has 4 aromatic rings. The van der Waals surface area contributed by atoms with Crippen LogP contribution in [-0.2, 0) is 40.3 Å². The summed E-state index contributed by atoms with van der Waals surface area (Å²) < 4.78 is 56.5. The molecule has 1 amide bonds. The maximum Gasteiger partial charge on any atom is 0.417 e. The van der Waals surface area contributed by atoms with Gasteiger partial charge in [-0.3, -0.25) is 4.79 Å². The van der Waals surface area contributed by atoms with E-state index in [1.54, 1.807) is 63.2 Å². The molecule has 1 heterocycles. The van der Waals surface area contributed by atoms with Crippen molar-refractivity contribution in [1.29, 1.82) is 0 Å². The van der Waals surface area contributed by atoms with Crippen molar-refractivity contribution in [1.82, 2.24) is 14.8 Å². The van der Waals surface area contributed by atoms with Gasteiger partial charge in [-0.2, -0.15) is 13.2 Å². The molecule has 0 aliphatic heterocycles. The predicted molar refractivity (Wildman–Crippen MR) is 173 cm³/mol. The van der Waals surface area contributed by atoms with Crippen molar-refractivity contribution in [2.24, 2.45) is 7.05 Å². The van der Waals surface area contributed by atoms with Gasteiger partial charge in [-0.1, -0.05) is 42.5 Å². The highest BCUT2D eigenvalue weighted by Gasteiger charge is 2.38. The fourth-order valence-electron chi connectivity index (χ4n) is 5.67. The quantitative estimate of drug-likeness (QED) is 0.211. The second kappa shape index (κ2) is 13.5. The van der Waals surface area contributed by atoms with Crippen LogP contribution < -0.4 is 10.9 Å². The molecule has 11 heteroatoms. The zero-order valence-corrected chi connectivity index (χ0v) is 27.2. The molecule has 0 fully saturated rings. The average molecular weight is 640 g/mol. The van der Waals surface area contributed by atoms with Crippen molar-refractivity contribution >= 4 is 33.7 Å². The number of rotatable bonds is 9. The Labute approximate surface area is 266 Å². The number of alkyl halides is 3. The van der Waals surface area contributed by atoms with Gasteiger partial charge in [0, 0.05) is 18.9 Å². The normalized spacial score (nSPS) is 12.8. The van der Waals surface area contributed by atoms with Crippen molar-refractivity contribution in [3.63, 3.8) is 0 Å². The van der Waals surface area contributed by atoms with Gasteiger partial charge in [-0.15, -0.1) is 0 Å². The van der Waals surface area contributed by atoms with Crippen LogP contribution in [0.2, 0.25) is 0 Å². The van der Waals surface area contributed by atoms with E-state index in [-0.39, 0.29) is 22.9 Å². The van der Waals surface area contributed by atoms with Gasteiger partial charge in [-0.05, 0) is 93.8 Å². The first-order valence-electron chi connectivity index (χ1n) is 15.0. The highest BCUT2D eigenvalue weighted by molar-refractivity contribution is 6.02. The molecule has 46 heavy (non-hydrogen) atoms. The van der Waals surface area contributed by atoms with Gasteiger partial charge in [0.2, 0.25) is 0 Å². The monoisotopic (exact) mass is 639 g/mol. The lowest BCUT2D eigenvalue weighted by atomic mass is 9.90. The Morgan fingerprint density at radius 3 is 2.28 bits per heavy atom. The maximum absolute atomic E-state index is 15.0. The number of hydrogen-bond donors (Lipinski definition) is 1. The lowest BCUT2D eigenvalue weighted by Gasteiger charge is -2.23. The van der Waals surface area contributed by atoms with Crippen LogP contribution in [-0.4, -0.2) is 60.9 Å². The third-order valence-corrected chi connectivity index (χ3v) is 7.70. The minimum atomic E-state index is -4.84. The number of aromatic nitrogens is 1. The van der Waals surface area contributed by atoms with Crippen LogP contribution in [0, 0.1) is 0 Å². The van der Waals surface area contributed by atoms with Crippen LogP contribution in [0.3, 0.4) is 0 Å². The molecule has 1 N–H and O–H groups in total. The molecule has 0 bridgehead atoms. The summed E-state index contributed by atoms with van der Waals surface area (Å²) >= 11 is 0. The molecule has 0 unspecified atom stereocenters. The number of ether oxygens (including phenoxy) is 2. The summed E-state index contributed by atoms with van der Waals surface area (Å²) in [6, 6.07) is 13.5. The Morgan fingerprint density at radius 2 is 1.65 bits per heavy atom. The molecule has 1 aromatic heterocycles. The van der Waals surface area contributed by atoms with Gasteiger partial charge in [0.1, 0.15) is 11.6 Å². The van der Waals surface area contributed by atoms with E-state index in [1.165, 1.54) is 30.9 Å². The molecule has 0 saturated heterocycles. The molecule has 0 saturated carbocycles. The summed E-state index contributed by atoms with van der Waals surface area (Å²) in [7, 11) is 6.54. The van der Waals surface area contributed by atoms with Gasteiger partial charge in [0.25, 0.3) is 5.56 Å². The Balaban J connectivity index is 1.89. The summed E-state index contributed by atoms with van der Waals surface area (Å²) in [5, 5.41) is 3.40. The number of halogens is 3. The van der Waals surface area contributed by atoms with Crippen molar-refractivity contribution < 1.29 is 32.2 Å². The topological polar surface area (TPSA) is 89.9 Å². The molecule has 0 radical (unpaired) electrons. The number of methoxy groups -OCH3 is 1. The lowest BCUT2D eigenvalue weighted by molar-refractivity contribution is -0.143. The Morgan fingerprint density at radius 1 is 0.978 bits per heavy atom. The smallest absolute Gasteiger partial charge is 0.417 e. The number of fused-ring (bicyclic) bond motifs is 2. The van der Waals surface area contributed by atoms with Crippen LogP contribution in [0.15, 0.2) is 59.4 Å². The first kappa shape index (κ1) is 34.5. The SMILES string of the molecule is COC(=O)[C@H](Cc1cccc2c(-c3c(C(F)(F)F)c4cc(CCCN(C)C)ccc4n(C)c3=O)cccc12)NC(=O)OC(C)(C)C. The number of nitrogens with one attached hydrogen (secondary N) is 1. The van der Waals surface area contributed by atoms with Crippen molar-refractivity contribution in [2.75, 3.05) is 27.7 Å². The molecule has 0 aliphatic rings. The number of alkyl carbamates (subject to hydrolysis) is 1. The van der Waals surface area contributed by atoms with Crippen LogP contribution in [0.25, 0.3) is 32.8 Å². The van der Waals surface area contributed by atoms with Crippen LogP contribution in [0.4, 0.5) is 18.0 Å². The molecule has 0 aliphatic carbocycles. The summed E-state index contributed by atoms with van der Waals surface area (Å²) in [4.78, 5) is 41.0.